The number of alkyl halides is 1. The summed E-state index contributed by atoms with van der Waals surface area (Å²) in [5, 5.41) is 0. The molecule has 1 rings (SSSR count). The number of dihydropyridines is 1. The minimum Gasteiger partial charge on any atom is -0.481 e. The summed E-state index contributed by atoms with van der Waals surface area (Å²) >= 11 is 2.36. The summed E-state index contributed by atoms with van der Waals surface area (Å²) in [6.07, 6.45) is 4.09. The van der Waals surface area contributed by atoms with E-state index in [0.29, 0.717) is 5.92 Å². The van der Waals surface area contributed by atoms with Gasteiger partial charge in [0.25, 0.3) is 0 Å². The molecule has 3 heteroatoms. The Morgan fingerprint density at radius 2 is 2.70 bits per heavy atom. The van der Waals surface area contributed by atoms with Gasteiger partial charge in [0.05, 0.1) is 7.11 Å². The van der Waals surface area contributed by atoms with Crippen molar-refractivity contribution in [2.45, 2.75) is 0 Å². The van der Waals surface area contributed by atoms with Crippen LogP contribution in [0, 0.1) is 5.92 Å². The Morgan fingerprint density at radius 3 is 3.10 bits per heavy atom. The second-order valence-corrected chi connectivity index (χ2v) is 3.04. The highest BCUT2D eigenvalue weighted by Gasteiger charge is 2.07. The minimum atomic E-state index is 0.611. The molecule has 0 saturated heterocycles. The van der Waals surface area contributed by atoms with Gasteiger partial charge in [-0.05, 0) is 6.08 Å². The number of hydrogen-bond acceptors (Lipinski definition) is 2. The maximum Gasteiger partial charge on any atom is 0.207 e. The number of aliphatic imine (C=N–C) groups is 1. The molecule has 0 aliphatic carbocycles. The van der Waals surface area contributed by atoms with Crippen LogP contribution in [0.1, 0.15) is 0 Å². The second kappa shape index (κ2) is 3.95. The Kier molecular flexibility index (Phi) is 3.18. The maximum atomic E-state index is 4.94. The van der Waals surface area contributed by atoms with Crippen molar-refractivity contribution in [1.29, 1.82) is 0 Å². The molecule has 0 aromatic heterocycles. The van der Waals surface area contributed by atoms with Crippen molar-refractivity contribution in [3.63, 3.8) is 0 Å². The molecule has 0 N–H and O–H groups in total. The topological polar surface area (TPSA) is 21.6 Å². The lowest BCUT2D eigenvalue weighted by molar-refractivity contribution is 0.401. The first-order chi connectivity index (χ1) is 4.86. The molecule has 0 spiro atoms. The molecular weight excluding hydrogens is 241 g/mol. The molecule has 56 valence electrons. The van der Waals surface area contributed by atoms with Crippen molar-refractivity contribution in [3.05, 3.63) is 12.2 Å². The fraction of sp³-hybridized carbons (Fsp3) is 0.571. The molecule has 2 nitrogen and oxygen atoms in total. The summed E-state index contributed by atoms with van der Waals surface area (Å²) in [5.41, 5.74) is 0. The van der Waals surface area contributed by atoms with Crippen molar-refractivity contribution in [3.8, 4) is 0 Å². The van der Waals surface area contributed by atoms with E-state index in [-0.39, 0.29) is 0 Å². The number of rotatable bonds is 1. The van der Waals surface area contributed by atoms with E-state index in [1.165, 1.54) is 0 Å². The van der Waals surface area contributed by atoms with Crippen LogP contribution in [0.3, 0.4) is 0 Å². The van der Waals surface area contributed by atoms with Crippen molar-refractivity contribution >= 4 is 28.5 Å². The number of ether oxygens (including phenoxy) is 1. The van der Waals surface area contributed by atoms with Gasteiger partial charge in [0.1, 0.15) is 0 Å². The fourth-order valence-corrected chi connectivity index (χ4v) is 1.34. The highest BCUT2D eigenvalue weighted by Crippen LogP contribution is 2.09. The zero-order valence-corrected chi connectivity index (χ0v) is 8.04. The van der Waals surface area contributed by atoms with E-state index < -0.39 is 0 Å². The molecule has 1 unspecified atom stereocenters. The van der Waals surface area contributed by atoms with Gasteiger partial charge in [-0.3, -0.25) is 4.99 Å². The van der Waals surface area contributed by atoms with Gasteiger partial charge in [-0.25, -0.2) is 0 Å². The van der Waals surface area contributed by atoms with Gasteiger partial charge in [0, 0.05) is 16.9 Å². The van der Waals surface area contributed by atoms with Crippen LogP contribution in [0.25, 0.3) is 0 Å². The highest BCUT2D eigenvalue weighted by atomic mass is 127. The zero-order valence-electron chi connectivity index (χ0n) is 5.88. The van der Waals surface area contributed by atoms with Crippen LogP contribution in [0.5, 0.6) is 0 Å². The maximum absolute atomic E-state index is 4.94. The van der Waals surface area contributed by atoms with E-state index in [1.54, 1.807) is 7.11 Å². The Balaban J connectivity index is 2.46. The Hall–Kier alpha value is -0.0600. The van der Waals surface area contributed by atoms with Crippen molar-refractivity contribution in [1.82, 2.24) is 0 Å². The highest BCUT2D eigenvalue weighted by molar-refractivity contribution is 14.1. The van der Waals surface area contributed by atoms with Gasteiger partial charge < -0.3 is 4.74 Å². The largest absolute Gasteiger partial charge is 0.481 e. The van der Waals surface area contributed by atoms with Gasteiger partial charge in [-0.2, -0.15) is 0 Å². The van der Waals surface area contributed by atoms with E-state index in [1.807, 2.05) is 6.08 Å². The van der Waals surface area contributed by atoms with E-state index in [2.05, 4.69) is 33.7 Å². The molecular formula is C7H10INO. The van der Waals surface area contributed by atoms with E-state index in [0.717, 1.165) is 16.9 Å². The van der Waals surface area contributed by atoms with Crippen molar-refractivity contribution in [2.75, 3.05) is 18.1 Å². The Morgan fingerprint density at radius 1 is 1.90 bits per heavy atom. The van der Waals surface area contributed by atoms with Crippen LogP contribution in [0.2, 0.25) is 0 Å². The summed E-state index contributed by atoms with van der Waals surface area (Å²) < 4.78 is 6.08. The smallest absolute Gasteiger partial charge is 0.207 e. The van der Waals surface area contributed by atoms with Gasteiger partial charge in [-0.15, -0.1) is 0 Å². The first-order valence-electron chi connectivity index (χ1n) is 3.19. The monoisotopic (exact) mass is 251 g/mol. The number of hydrogen-bond donors (Lipinski definition) is 0. The molecule has 1 atom stereocenters. The SMILES string of the molecule is COC1=NCC(CI)C=C1. The molecule has 0 aromatic rings. The van der Waals surface area contributed by atoms with E-state index in [4.69, 9.17) is 4.74 Å². The normalized spacial score (nSPS) is 24.2. The number of nitrogens with zero attached hydrogens (tertiary/aromatic N) is 1. The summed E-state index contributed by atoms with van der Waals surface area (Å²) in [4.78, 5) is 4.20. The molecule has 0 radical (unpaired) electrons. The molecule has 0 aromatic carbocycles. The quantitative estimate of drug-likeness (QED) is 0.513. The third kappa shape index (κ3) is 1.97. The molecule has 0 amide bonds. The van der Waals surface area contributed by atoms with Crippen LogP contribution in [-0.4, -0.2) is 24.0 Å². The van der Waals surface area contributed by atoms with Gasteiger partial charge in [-0.1, -0.05) is 28.7 Å². The van der Waals surface area contributed by atoms with Crippen LogP contribution in [-0.2, 0) is 4.74 Å². The molecule has 0 saturated carbocycles. The summed E-state index contributed by atoms with van der Waals surface area (Å²) in [6, 6.07) is 0. The van der Waals surface area contributed by atoms with Crippen LogP contribution in [0.15, 0.2) is 17.1 Å². The standard InChI is InChI=1S/C7H10INO/c1-10-7-3-2-6(4-8)5-9-7/h2-3,6H,4-5H2,1H3. The van der Waals surface area contributed by atoms with Crippen LogP contribution < -0.4 is 0 Å². The summed E-state index contributed by atoms with van der Waals surface area (Å²) in [6.45, 7) is 0.878. The Labute approximate surface area is 74.5 Å². The van der Waals surface area contributed by atoms with Gasteiger partial charge in [0.15, 0.2) is 0 Å². The molecule has 1 aliphatic heterocycles. The number of halogens is 1. The minimum absolute atomic E-state index is 0.611. The van der Waals surface area contributed by atoms with E-state index >= 15 is 0 Å². The van der Waals surface area contributed by atoms with Crippen LogP contribution >= 0.6 is 22.6 Å². The lowest BCUT2D eigenvalue weighted by Gasteiger charge is -2.11. The fourth-order valence-electron chi connectivity index (χ4n) is 0.772. The van der Waals surface area contributed by atoms with Crippen molar-refractivity contribution < 1.29 is 4.74 Å². The third-order valence-corrected chi connectivity index (χ3v) is 2.53. The predicted molar refractivity (Wildman–Crippen MR) is 50.8 cm³/mol. The zero-order chi connectivity index (χ0) is 7.40. The Bertz CT molecular complexity index is 165. The average Bonchev–Trinajstić information content (AvgIpc) is 2.05. The lowest BCUT2D eigenvalue weighted by Crippen LogP contribution is -2.11. The molecule has 10 heavy (non-hydrogen) atoms. The molecule has 1 aliphatic rings. The number of methoxy groups -OCH3 is 1. The average molecular weight is 251 g/mol. The first kappa shape index (κ1) is 8.04. The van der Waals surface area contributed by atoms with Crippen LogP contribution in [0.4, 0.5) is 0 Å². The second-order valence-electron chi connectivity index (χ2n) is 2.16. The lowest BCUT2D eigenvalue weighted by atomic mass is 10.1. The molecule has 0 fully saturated rings. The van der Waals surface area contributed by atoms with Gasteiger partial charge >= 0.3 is 0 Å². The molecule has 0 bridgehead atoms. The molecule has 1 heterocycles. The third-order valence-electron chi connectivity index (χ3n) is 1.40. The van der Waals surface area contributed by atoms with Gasteiger partial charge in [0.2, 0.25) is 5.90 Å². The first-order valence-corrected chi connectivity index (χ1v) is 4.72. The van der Waals surface area contributed by atoms with Crippen molar-refractivity contribution in [2.24, 2.45) is 10.9 Å². The predicted octanol–water partition coefficient (Wildman–Crippen LogP) is 1.65. The summed E-state index contributed by atoms with van der Waals surface area (Å²) in [7, 11) is 1.65. The van der Waals surface area contributed by atoms with E-state index in [9.17, 15) is 0 Å². The summed E-state index contributed by atoms with van der Waals surface area (Å²) in [5.74, 6) is 1.36.